The second-order valence-electron chi connectivity index (χ2n) is 10.7. The van der Waals surface area contributed by atoms with Crippen molar-refractivity contribution in [2.45, 2.75) is 45.6 Å². The molecule has 2 amide bonds. The highest BCUT2D eigenvalue weighted by molar-refractivity contribution is 6.11. The maximum atomic E-state index is 14.2. The number of methoxy groups -OCH3 is 1. The van der Waals surface area contributed by atoms with E-state index in [0.29, 0.717) is 59.8 Å². The Labute approximate surface area is 257 Å². The molecule has 3 aromatic rings. The zero-order chi connectivity index (χ0) is 31.9. The molecule has 1 aliphatic carbocycles. The molecule has 44 heavy (non-hydrogen) atoms. The highest BCUT2D eigenvalue weighted by Crippen LogP contribution is 2.48. The molecule has 234 valence electrons. The van der Waals surface area contributed by atoms with E-state index in [1.54, 1.807) is 66.7 Å². The van der Waals surface area contributed by atoms with Crippen molar-refractivity contribution in [3.63, 3.8) is 0 Å². The molecule has 0 heterocycles. The second-order valence-corrected chi connectivity index (χ2v) is 10.7. The predicted octanol–water partition coefficient (Wildman–Crippen LogP) is 5.21. The summed E-state index contributed by atoms with van der Waals surface area (Å²) < 4.78 is 22.6. The SMILES string of the molecule is CCOc1ccccc1NC(=O)C1C(=O)CC(C)(O)C(C(=O)Nc2ccccc2OCC)C1c1ccc(OC)c(OCC)c1. The molecular formula is C34H40N2O8. The molecule has 1 aliphatic rings. The molecule has 0 saturated heterocycles. The van der Waals surface area contributed by atoms with Crippen LogP contribution in [0.4, 0.5) is 11.4 Å². The number of Topliss-reactive ketones (excluding diaryl/α,β-unsaturated/α-hetero) is 1. The summed E-state index contributed by atoms with van der Waals surface area (Å²) in [7, 11) is 1.50. The first-order valence-electron chi connectivity index (χ1n) is 14.8. The van der Waals surface area contributed by atoms with E-state index in [4.69, 9.17) is 18.9 Å². The Balaban J connectivity index is 1.83. The summed E-state index contributed by atoms with van der Waals surface area (Å²) in [6, 6.07) is 18.9. The van der Waals surface area contributed by atoms with Crippen LogP contribution in [-0.4, -0.2) is 55.2 Å². The molecule has 4 atom stereocenters. The van der Waals surface area contributed by atoms with Gasteiger partial charge in [-0.1, -0.05) is 30.3 Å². The zero-order valence-corrected chi connectivity index (χ0v) is 25.7. The molecule has 1 saturated carbocycles. The van der Waals surface area contributed by atoms with E-state index in [9.17, 15) is 19.5 Å². The van der Waals surface area contributed by atoms with E-state index >= 15 is 0 Å². The van der Waals surface area contributed by atoms with Gasteiger partial charge in [0.05, 0.1) is 49.8 Å². The van der Waals surface area contributed by atoms with E-state index < -0.39 is 47.4 Å². The molecule has 10 nitrogen and oxygen atoms in total. The third-order valence-corrected chi connectivity index (χ3v) is 7.59. The maximum absolute atomic E-state index is 14.2. The minimum atomic E-state index is -1.79. The third-order valence-electron chi connectivity index (χ3n) is 7.59. The fraction of sp³-hybridized carbons (Fsp3) is 0.382. The van der Waals surface area contributed by atoms with E-state index in [-0.39, 0.29) is 0 Å². The lowest BCUT2D eigenvalue weighted by Crippen LogP contribution is -2.56. The summed E-state index contributed by atoms with van der Waals surface area (Å²) in [6.07, 6.45) is -0.408. The van der Waals surface area contributed by atoms with Gasteiger partial charge in [-0.15, -0.1) is 0 Å². The van der Waals surface area contributed by atoms with E-state index in [0.717, 1.165) is 0 Å². The number of anilines is 2. The van der Waals surface area contributed by atoms with Gasteiger partial charge in [0.1, 0.15) is 23.2 Å². The summed E-state index contributed by atoms with van der Waals surface area (Å²) in [5.74, 6) is -3.59. The van der Waals surface area contributed by atoms with Crippen molar-refractivity contribution in [1.29, 1.82) is 0 Å². The van der Waals surface area contributed by atoms with Crippen LogP contribution in [0.5, 0.6) is 23.0 Å². The second kappa shape index (κ2) is 14.3. The van der Waals surface area contributed by atoms with E-state index in [1.165, 1.54) is 14.0 Å². The van der Waals surface area contributed by atoms with Crippen LogP contribution >= 0.6 is 0 Å². The molecule has 1 fully saturated rings. The first kappa shape index (κ1) is 32.3. The Morgan fingerprint density at radius 2 is 1.32 bits per heavy atom. The van der Waals surface area contributed by atoms with Crippen molar-refractivity contribution >= 4 is 29.0 Å². The average Bonchev–Trinajstić information content (AvgIpc) is 2.98. The molecule has 4 rings (SSSR count). The summed E-state index contributed by atoms with van der Waals surface area (Å²) in [5, 5.41) is 17.4. The van der Waals surface area contributed by atoms with Crippen molar-refractivity contribution in [2.75, 3.05) is 37.6 Å². The van der Waals surface area contributed by atoms with Crippen LogP contribution in [0.1, 0.15) is 45.6 Å². The predicted molar refractivity (Wildman–Crippen MR) is 167 cm³/mol. The Morgan fingerprint density at radius 1 is 0.795 bits per heavy atom. The standard InChI is InChI=1S/C34H40N2O8/c1-6-42-25-15-11-9-13-22(25)35-32(38)30-24(37)20-34(4,40)31(33(39)36-23-14-10-12-16-26(23)43-7-2)29(30)21-17-18-27(41-5)28(19-21)44-8-3/h9-19,29-31,40H,6-8,20H2,1-5H3,(H,35,38)(H,36,39). The Hall–Kier alpha value is -4.57. The number of amides is 2. The van der Waals surface area contributed by atoms with Gasteiger partial charge in [0.15, 0.2) is 11.5 Å². The number of para-hydroxylation sites is 4. The maximum Gasteiger partial charge on any atom is 0.235 e. The number of ether oxygens (including phenoxy) is 4. The van der Waals surface area contributed by atoms with Crippen LogP contribution < -0.4 is 29.6 Å². The number of rotatable bonds is 12. The van der Waals surface area contributed by atoms with Crippen molar-refractivity contribution < 1.29 is 38.4 Å². The lowest BCUT2D eigenvalue weighted by Gasteiger charge is -2.44. The van der Waals surface area contributed by atoms with Crippen molar-refractivity contribution in [2.24, 2.45) is 11.8 Å². The smallest absolute Gasteiger partial charge is 0.235 e. The largest absolute Gasteiger partial charge is 0.493 e. The van der Waals surface area contributed by atoms with E-state index in [1.807, 2.05) is 20.8 Å². The zero-order valence-electron chi connectivity index (χ0n) is 25.7. The Morgan fingerprint density at radius 3 is 1.86 bits per heavy atom. The topological polar surface area (TPSA) is 132 Å². The number of hydrogen-bond acceptors (Lipinski definition) is 8. The Bertz CT molecular complexity index is 1490. The van der Waals surface area contributed by atoms with Crippen molar-refractivity contribution in [1.82, 2.24) is 0 Å². The fourth-order valence-corrected chi connectivity index (χ4v) is 5.78. The molecule has 0 aromatic heterocycles. The van der Waals surface area contributed by atoms with Crippen LogP contribution in [0.25, 0.3) is 0 Å². The minimum absolute atomic E-state index is 0.331. The first-order valence-corrected chi connectivity index (χ1v) is 14.8. The average molecular weight is 605 g/mol. The van der Waals surface area contributed by atoms with Gasteiger partial charge < -0.3 is 34.7 Å². The number of hydrogen-bond donors (Lipinski definition) is 3. The third kappa shape index (κ3) is 6.97. The summed E-state index contributed by atoms with van der Waals surface area (Å²) in [5.41, 5.74) is -0.543. The molecule has 4 unspecified atom stereocenters. The minimum Gasteiger partial charge on any atom is -0.493 e. The van der Waals surface area contributed by atoms with Gasteiger partial charge in [-0.3, -0.25) is 14.4 Å². The van der Waals surface area contributed by atoms with Crippen LogP contribution in [0.15, 0.2) is 66.7 Å². The van der Waals surface area contributed by atoms with Gasteiger partial charge in [0, 0.05) is 12.3 Å². The molecule has 0 radical (unpaired) electrons. The van der Waals surface area contributed by atoms with Crippen molar-refractivity contribution in [3.05, 3.63) is 72.3 Å². The fourth-order valence-electron chi connectivity index (χ4n) is 5.78. The molecule has 3 N–H and O–H groups in total. The molecule has 0 spiro atoms. The normalized spacial score (nSPS) is 21.2. The number of carbonyl (C=O) groups excluding carboxylic acids is 3. The van der Waals surface area contributed by atoms with E-state index in [2.05, 4.69) is 10.6 Å². The van der Waals surface area contributed by atoms with Gasteiger partial charge >= 0.3 is 0 Å². The lowest BCUT2D eigenvalue weighted by molar-refractivity contribution is -0.150. The number of ketones is 1. The quantitative estimate of drug-likeness (QED) is 0.240. The van der Waals surface area contributed by atoms with Crippen LogP contribution in [0, 0.1) is 11.8 Å². The van der Waals surface area contributed by atoms with Crippen LogP contribution in [-0.2, 0) is 14.4 Å². The van der Waals surface area contributed by atoms with Crippen LogP contribution in [0.3, 0.4) is 0 Å². The molecule has 3 aromatic carbocycles. The highest BCUT2D eigenvalue weighted by atomic mass is 16.5. The lowest BCUT2D eigenvalue weighted by atomic mass is 9.61. The van der Waals surface area contributed by atoms with Gasteiger partial charge in [-0.05, 0) is 69.7 Å². The summed E-state index contributed by atoms with van der Waals surface area (Å²) in [6.45, 7) is 8.01. The molecular weight excluding hydrogens is 564 g/mol. The summed E-state index contributed by atoms with van der Waals surface area (Å²) >= 11 is 0. The van der Waals surface area contributed by atoms with Gasteiger partial charge in [-0.25, -0.2) is 0 Å². The van der Waals surface area contributed by atoms with Crippen LogP contribution in [0.2, 0.25) is 0 Å². The molecule has 0 aliphatic heterocycles. The monoisotopic (exact) mass is 604 g/mol. The van der Waals surface area contributed by atoms with Gasteiger partial charge in [-0.2, -0.15) is 0 Å². The first-order chi connectivity index (χ1) is 21.1. The van der Waals surface area contributed by atoms with Crippen molar-refractivity contribution in [3.8, 4) is 23.0 Å². The number of benzene rings is 3. The molecule has 10 heteroatoms. The number of nitrogens with one attached hydrogen (secondary N) is 2. The molecule has 0 bridgehead atoms. The highest BCUT2D eigenvalue weighted by Gasteiger charge is 2.56. The van der Waals surface area contributed by atoms with Gasteiger partial charge in [0.2, 0.25) is 11.8 Å². The number of carbonyl (C=O) groups is 3. The Kier molecular flexibility index (Phi) is 10.5. The summed E-state index contributed by atoms with van der Waals surface area (Å²) in [4.78, 5) is 42.0. The van der Waals surface area contributed by atoms with Gasteiger partial charge in [0.25, 0.3) is 0 Å². The number of aliphatic hydroxyl groups is 1.